The number of anilines is 1. The molecule has 0 unspecified atom stereocenters. The number of nitrogens with zero attached hydrogens (tertiary/aromatic N) is 4. The maximum atomic E-state index is 14.3. The molecule has 0 amide bonds. The number of carbonyl (C=O) groups excluding carboxylic acids is 1. The number of fused-ring (bicyclic) bond motifs is 1. The van der Waals surface area contributed by atoms with Gasteiger partial charge in [-0.1, -0.05) is 35.9 Å². The summed E-state index contributed by atoms with van der Waals surface area (Å²) in [6.45, 7) is 0.899. The summed E-state index contributed by atoms with van der Waals surface area (Å²) in [5.41, 5.74) is 2.45. The number of para-hydroxylation sites is 1. The van der Waals surface area contributed by atoms with E-state index >= 15 is 0 Å². The summed E-state index contributed by atoms with van der Waals surface area (Å²) < 4.78 is 34.8. The van der Waals surface area contributed by atoms with Gasteiger partial charge in [-0.15, -0.1) is 11.3 Å². The van der Waals surface area contributed by atoms with Crippen molar-refractivity contribution in [3.8, 4) is 28.6 Å². The number of carbonyl (C=O) groups is 1. The second-order valence-electron chi connectivity index (χ2n) is 9.25. The lowest BCUT2D eigenvalue weighted by Crippen LogP contribution is -2.51. The van der Waals surface area contributed by atoms with Crippen molar-refractivity contribution in [2.75, 3.05) is 25.1 Å². The molecule has 0 N–H and O–H groups in total. The van der Waals surface area contributed by atoms with Gasteiger partial charge in [-0.05, 0) is 53.9 Å². The Morgan fingerprint density at radius 1 is 1.07 bits per heavy atom. The Kier molecular flexibility index (Phi) is 6.58. The third-order valence-electron chi connectivity index (χ3n) is 6.94. The molecule has 0 bridgehead atoms. The quantitative estimate of drug-likeness (QED) is 0.231. The predicted octanol–water partition coefficient (Wildman–Crippen LogP) is 5.80. The van der Waals surface area contributed by atoms with E-state index in [9.17, 15) is 18.5 Å². The van der Waals surface area contributed by atoms with Crippen LogP contribution in [0.2, 0.25) is 5.02 Å². The van der Waals surface area contributed by atoms with Gasteiger partial charge in [0.2, 0.25) is 0 Å². The minimum absolute atomic E-state index is 0.0658. The van der Waals surface area contributed by atoms with E-state index < -0.39 is 10.0 Å². The maximum absolute atomic E-state index is 14.3. The van der Waals surface area contributed by atoms with Gasteiger partial charge < -0.3 is 9.64 Å². The average molecular weight is 589 g/mol. The molecule has 11 heteroatoms. The van der Waals surface area contributed by atoms with E-state index in [1.165, 1.54) is 46.7 Å². The number of thiophene rings is 1. The molecule has 2 aromatic carbocycles. The minimum Gasteiger partial charge on any atom is -0.469 e. The number of ether oxygens (including phenoxy) is 1. The van der Waals surface area contributed by atoms with Crippen LogP contribution in [0.25, 0.3) is 33.4 Å². The zero-order valence-electron chi connectivity index (χ0n) is 21.1. The van der Waals surface area contributed by atoms with Crippen molar-refractivity contribution < 1.29 is 17.9 Å². The molecule has 0 radical (unpaired) electrons. The Balaban J connectivity index is 1.62. The molecule has 1 aliphatic heterocycles. The Morgan fingerprint density at radius 2 is 1.82 bits per heavy atom. The first-order chi connectivity index (χ1) is 19.3. The van der Waals surface area contributed by atoms with Gasteiger partial charge in [0, 0.05) is 34.6 Å². The van der Waals surface area contributed by atoms with Crippen LogP contribution >= 0.6 is 22.9 Å². The van der Waals surface area contributed by atoms with Crippen LogP contribution in [0, 0.1) is 17.2 Å². The summed E-state index contributed by atoms with van der Waals surface area (Å²) in [4.78, 5) is 19.3. The number of rotatable bonds is 6. The summed E-state index contributed by atoms with van der Waals surface area (Å²) in [7, 11) is -2.77. The number of methoxy groups -OCH3 is 1. The zero-order chi connectivity index (χ0) is 28.0. The van der Waals surface area contributed by atoms with Crippen LogP contribution in [0.4, 0.5) is 5.82 Å². The fourth-order valence-corrected chi connectivity index (χ4v) is 7.33. The Morgan fingerprint density at radius 3 is 2.55 bits per heavy atom. The maximum Gasteiger partial charge on any atom is 0.312 e. The molecular formula is C29H21ClN4O4S2. The van der Waals surface area contributed by atoms with E-state index in [2.05, 4.69) is 6.07 Å². The first-order valence-corrected chi connectivity index (χ1v) is 15.0. The predicted molar refractivity (Wildman–Crippen MR) is 155 cm³/mol. The number of hydrogen-bond acceptors (Lipinski definition) is 8. The van der Waals surface area contributed by atoms with Crippen LogP contribution in [0.5, 0.6) is 0 Å². The van der Waals surface area contributed by atoms with E-state index in [1.807, 2.05) is 40.6 Å². The third kappa shape index (κ3) is 4.23. The van der Waals surface area contributed by atoms with Crippen LogP contribution < -0.4 is 4.90 Å². The molecule has 0 atom stereocenters. The zero-order valence-corrected chi connectivity index (χ0v) is 23.5. The molecule has 4 heterocycles. The largest absolute Gasteiger partial charge is 0.469 e. The summed E-state index contributed by atoms with van der Waals surface area (Å²) in [5, 5.41) is 12.8. The number of nitriles is 1. The average Bonchev–Trinajstić information content (AvgIpc) is 3.55. The molecule has 0 aliphatic carbocycles. The SMILES string of the molecule is COC(=O)C1CN(c2cccc(-c3c(-c4ccsc4C#N)c4ccccc4n3S(=O)(=O)c3ccc(Cl)cc3)n2)C1. The second kappa shape index (κ2) is 10.1. The number of benzene rings is 2. The number of aromatic nitrogens is 2. The van der Waals surface area contributed by atoms with Gasteiger partial charge >= 0.3 is 5.97 Å². The summed E-state index contributed by atoms with van der Waals surface area (Å²) in [6.07, 6.45) is 0. The number of pyridine rings is 1. The Bertz CT molecular complexity index is 1920. The second-order valence-corrected chi connectivity index (χ2v) is 12.4. The topological polar surface area (TPSA) is 105 Å². The van der Waals surface area contributed by atoms with Gasteiger partial charge in [0.25, 0.3) is 10.0 Å². The minimum atomic E-state index is -4.14. The van der Waals surface area contributed by atoms with Crippen molar-refractivity contribution >= 4 is 55.7 Å². The standard InChI is InChI=1S/C29H21ClN4O4S2/c1-38-29(35)18-16-33(17-18)26-8-4-6-23(32-26)28-27(22-13-14-39-25(22)15-31)21-5-2-3-7-24(21)34(28)40(36,37)20-11-9-19(30)10-12-20/h2-14,18H,16-17H2,1H3. The molecule has 1 aliphatic rings. The first kappa shape index (κ1) is 26.1. The van der Waals surface area contributed by atoms with Crippen LogP contribution in [0.15, 0.2) is 83.1 Å². The van der Waals surface area contributed by atoms with Crippen molar-refractivity contribution in [2.24, 2.45) is 5.92 Å². The van der Waals surface area contributed by atoms with Gasteiger partial charge in [-0.3, -0.25) is 4.79 Å². The highest BCUT2D eigenvalue weighted by Crippen LogP contribution is 2.45. The van der Waals surface area contributed by atoms with Crippen molar-refractivity contribution in [2.45, 2.75) is 4.90 Å². The van der Waals surface area contributed by atoms with Gasteiger partial charge in [-0.25, -0.2) is 17.4 Å². The molecule has 8 nitrogen and oxygen atoms in total. The van der Waals surface area contributed by atoms with E-state index in [1.54, 1.807) is 18.2 Å². The smallest absolute Gasteiger partial charge is 0.312 e. The molecule has 6 rings (SSSR count). The lowest BCUT2D eigenvalue weighted by Gasteiger charge is -2.38. The van der Waals surface area contributed by atoms with Crippen LogP contribution in [0.1, 0.15) is 4.88 Å². The van der Waals surface area contributed by atoms with E-state index in [0.29, 0.717) is 62.2 Å². The monoisotopic (exact) mass is 588 g/mol. The molecule has 0 saturated carbocycles. The summed E-state index contributed by atoms with van der Waals surface area (Å²) in [6, 6.07) is 22.7. The highest BCUT2D eigenvalue weighted by molar-refractivity contribution is 7.90. The summed E-state index contributed by atoms with van der Waals surface area (Å²) >= 11 is 7.36. The highest BCUT2D eigenvalue weighted by Gasteiger charge is 2.35. The number of esters is 1. The van der Waals surface area contributed by atoms with Crippen molar-refractivity contribution in [1.29, 1.82) is 5.26 Å². The fraction of sp³-hybridized carbons (Fsp3) is 0.138. The van der Waals surface area contributed by atoms with Crippen LogP contribution in [-0.2, 0) is 19.6 Å². The highest BCUT2D eigenvalue weighted by atomic mass is 35.5. The normalized spacial score (nSPS) is 13.7. The molecule has 200 valence electrons. The van der Waals surface area contributed by atoms with E-state index in [0.717, 1.165) is 0 Å². The Hall–Kier alpha value is -4.17. The molecule has 0 spiro atoms. The van der Waals surface area contributed by atoms with Crippen molar-refractivity contribution in [3.63, 3.8) is 0 Å². The third-order valence-corrected chi connectivity index (χ3v) is 9.74. The van der Waals surface area contributed by atoms with Gasteiger partial charge in [0.05, 0.1) is 34.8 Å². The molecular weight excluding hydrogens is 568 g/mol. The molecule has 1 saturated heterocycles. The van der Waals surface area contributed by atoms with Gasteiger partial charge in [0.1, 0.15) is 16.8 Å². The number of halogens is 1. The molecule has 5 aromatic rings. The lowest BCUT2D eigenvalue weighted by molar-refractivity contribution is -0.146. The van der Waals surface area contributed by atoms with Gasteiger partial charge in [-0.2, -0.15) is 5.26 Å². The van der Waals surface area contributed by atoms with Gasteiger partial charge in [0.15, 0.2) is 0 Å². The Labute approximate surface area is 239 Å². The van der Waals surface area contributed by atoms with Crippen LogP contribution in [0.3, 0.4) is 0 Å². The molecule has 40 heavy (non-hydrogen) atoms. The summed E-state index contributed by atoms with van der Waals surface area (Å²) in [5.74, 6) is 0.0900. The molecule has 1 fully saturated rings. The van der Waals surface area contributed by atoms with Crippen LogP contribution in [-0.4, -0.2) is 43.5 Å². The number of hydrogen-bond donors (Lipinski definition) is 0. The lowest BCUT2D eigenvalue weighted by atomic mass is 10.00. The fourth-order valence-electron chi connectivity index (χ4n) is 4.98. The van der Waals surface area contributed by atoms with Crippen molar-refractivity contribution in [3.05, 3.63) is 88.1 Å². The first-order valence-electron chi connectivity index (χ1n) is 12.3. The molecule has 3 aromatic heterocycles. The van der Waals surface area contributed by atoms with E-state index in [-0.39, 0.29) is 16.8 Å². The van der Waals surface area contributed by atoms with E-state index in [4.69, 9.17) is 21.3 Å². The van der Waals surface area contributed by atoms with Crippen molar-refractivity contribution in [1.82, 2.24) is 8.96 Å².